The summed E-state index contributed by atoms with van der Waals surface area (Å²) in [4.78, 5) is 21.4. The Bertz CT molecular complexity index is 1530. The Kier molecular flexibility index (Phi) is 19.3. The van der Waals surface area contributed by atoms with Gasteiger partial charge in [-0.1, -0.05) is 97.1 Å². The van der Waals surface area contributed by atoms with Gasteiger partial charge in [-0.15, -0.1) is 0 Å². The molecule has 51 heavy (non-hydrogen) atoms. The van der Waals surface area contributed by atoms with E-state index in [9.17, 15) is 14.7 Å². The average Bonchev–Trinajstić information content (AvgIpc) is 3.02. The third kappa shape index (κ3) is 18.3. The second-order valence-corrected chi connectivity index (χ2v) is 16.6. The number of halogens is 3. The molecule has 3 rings (SSSR count). The summed E-state index contributed by atoms with van der Waals surface area (Å²) in [5, 5.41) is 20.1. The van der Waals surface area contributed by atoms with Crippen LogP contribution in [-0.4, -0.2) is 42.5 Å². The van der Waals surface area contributed by atoms with Crippen LogP contribution in [0.1, 0.15) is 118 Å². The van der Waals surface area contributed by atoms with Gasteiger partial charge in [0, 0.05) is 44.6 Å². The lowest BCUT2D eigenvalue weighted by atomic mass is 9.86. The van der Waals surface area contributed by atoms with Gasteiger partial charge < -0.3 is 24.4 Å². The number of methoxy groups -OCH3 is 1. The quantitative estimate of drug-likeness (QED) is 0.140. The summed E-state index contributed by atoms with van der Waals surface area (Å²) >= 11 is 17.9. The number of carboxylic acid groups (broad SMARTS) is 1. The summed E-state index contributed by atoms with van der Waals surface area (Å²) in [7, 11) is 1.40. The fourth-order valence-corrected chi connectivity index (χ4v) is 5.27. The van der Waals surface area contributed by atoms with Gasteiger partial charge in [0.05, 0.1) is 20.3 Å². The number of aromatic hydroxyl groups is 1. The maximum Gasteiger partial charge on any atom is 0.305 e. The van der Waals surface area contributed by atoms with Crippen molar-refractivity contribution in [1.82, 2.24) is 0 Å². The van der Waals surface area contributed by atoms with Crippen LogP contribution < -0.4 is 9.47 Å². The van der Waals surface area contributed by atoms with Crippen LogP contribution in [-0.2, 0) is 30.6 Å². The summed E-state index contributed by atoms with van der Waals surface area (Å²) in [6.45, 7) is 19.9. The molecule has 10 heteroatoms. The number of phenols is 1. The van der Waals surface area contributed by atoms with Gasteiger partial charge in [0.25, 0.3) is 0 Å². The number of aliphatic carboxylic acids is 1. The fourth-order valence-electron chi connectivity index (χ4n) is 4.75. The number of esters is 1. The van der Waals surface area contributed by atoms with E-state index in [2.05, 4.69) is 46.3 Å². The Morgan fingerprint density at radius 2 is 0.961 bits per heavy atom. The molecule has 2 N–H and O–H groups in total. The van der Waals surface area contributed by atoms with Crippen molar-refractivity contribution in [2.24, 2.45) is 0 Å². The molecule has 3 aromatic rings. The van der Waals surface area contributed by atoms with Crippen LogP contribution in [0.2, 0.25) is 15.1 Å². The summed E-state index contributed by atoms with van der Waals surface area (Å²) < 4.78 is 16.2. The van der Waals surface area contributed by atoms with Gasteiger partial charge in [0.2, 0.25) is 0 Å². The van der Waals surface area contributed by atoms with Crippen LogP contribution in [0.5, 0.6) is 17.2 Å². The van der Waals surface area contributed by atoms with Crippen LogP contribution in [0, 0.1) is 0 Å². The highest BCUT2D eigenvalue weighted by atomic mass is 35.5. The molecule has 3 aromatic carbocycles. The Balaban J connectivity index is 0.000000394. The second-order valence-electron chi connectivity index (χ2n) is 15.3. The second kappa shape index (κ2) is 21.4. The molecule has 284 valence electrons. The first kappa shape index (κ1) is 45.9. The SMILES string of the molecule is CC(C)(C)c1cc(Cl)ccc1O.CC(C)(C)c1cc(Cl)ccc1OCCCCC(=O)O.COC(=O)CCCCOc1ccc(Cl)cc1C(C)(C)C. The number of carboxylic acids is 1. The Morgan fingerprint density at radius 3 is 1.31 bits per heavy atom. The number of hydrogen-bond acceptors (Lipinski definition) is 6. The van der Waals surface area contributed by atoms with Crippen molar-refractivity contribution in [2.45, 2.75) is 117 Å². The molecular formula is C41H57Cl3O7. The fraction of sp³-hybridized carbons (Fsp3) is 0.512. The molecule has 0 amide bonds. The highest BCUT2D eigenvalue weighted by Gasteiger charge is 2.21. The van der Waals surface area contributed by atoms with E-state index in [0.717, 1.165) is 47.5 Å². The van der Waals surface area contributed by atoms with Gasteiger partial charge in [-0.25, -0.2) is 0 Å². The van der Waals surface area contributed by atoms with E-state index in [4.69, 9.17) is 49.4 Å². The molecule has 0 saturated carbocycles. The zero-order chi connectivity index (χ0) is 39.0. The zero-order valence-corrected chi connectivity index (χ0v) is 34.2. The number of carbonyl (C=O) groups excluding carboxylic acids is 1. The minimum Gasteiger partial charge on any atom is -0.508 e. The average molecular weight is 768 g/mol. The molecule has 0 heterocycles. The minimum atomic E-state index is -0.762. The molecule has 0 unspecified atom stereocenters. The smallest absolute Gasteiger partial charge is 0.305 e. The number of carbonyl (C=O) groups is 2. The van der Waals surface area contributed by atoms with Gasteiger partial charge in [-0.2, -0.15) is 0 Å². The van der Waals surface area contributed by atoms with E-state index in [-0.39, 0.29) is 28.6 Å². The Hall–Kier alpha value is -3.13. The molecular weight excluding hydrogens is 711 g/mol. The lowest BCUT2D eigenvalue weighted by Gasteiger charge is -2.23. The first-order chi connectivity index (χ1) is 23.6. The number of rotatable bonds is 12. The predicted octanol–water partition coefficient (Wildman–Crippen LogP) is 12.0. The van der Waals surface area contributed by atoms with E-state index < -0.39 is 5.97 Å². The molecule has 0 fully saturated rings. The molecule has 7 nitrogen and oxygen atoms in total. The molecule has 0 aliphatic carbocycles. The van der Waals surface area contributed by atoms with Crippen LogP contribution in [0.3, 0.4) is 0 Å². The van der Waals surface area contributed by atoms with E-state index >= 15 is 0 Å². The van der Waals surface area contributed by atoms with E-state index in [1.54, 1.807) is 18.2 Å². The van der Waals surface area contributed by atoms with Crippen LogP contribution >= 0.6 is 34.8 Å². The number of ether oxygens (including phenoxy) is 3. The van der Waals surface area contributed by atoms with Crippen molar-refractivity contribution >= 4 is 46.7 Å². The summed E-state index contributed by atoms with van der Waals surface area (Å²) in [6.07, 6.45) is 3.58. The topological polar surface area (TPSA) is 102 Å². The minimum absolute atomic E-state index is 0.0216. The van der Waals surface area contributed by atoms with Crippen molar-refractivity contribution in [3.8, 4) is 17.2 Å². The monoisotopic (exact) mass is 766 g/mol. The van der Waals surface area contributed by atoms with Crippen molar-refractivity contribution in [3.05, 3.63) is 86.4 Å². The van der Waals surface area contributed by atoms with Gasteiger partial charge in [-0.05, 0) is 96.5 Å². The Labute approximate surface area is 320 Å². The largest absolute Gasteiger partial charge is 0.508 e. The summed E-state index contributed by atoms with van der Waals surface area (Å²) in [5.74, 6) is 1.06. The highest BCUT2D eigenvalue weighted by molar-refractivity contribution is 6.31. The van der Waals surface area contributed by atoms with E-state index in [0.29, 0.717) is 46.9 Å². The maximum atomic E-state index is 11.0. The van der Waals surface area contributed by atoms with Crippen LogP contribution in [0.4, 0.5) is 0 Å². The number of phenolic OH excluding ortho intramolecular Hbond substituents is 1. The van der Waals surface area contributed by atoms with Crippen molar-refractivity contribution in [1.29, 1.82) is 0 Å². The van der Waals surface area contributed by atoms with E-state index in [1.165, 1.54) is 7.11 Å². The van der Waals surface area contributed by atoms with Gasteiger partial charge in [-0.3, -0.25) is 9.59 Å². The molecule has 0 saturated heterocycles. The van der Waals surface area contributed by atoms with Crippen molar-refractivity contribution in [3.63, 3.8) is 0 Å². The summed E-state index contributed by atoms with van der Waals surface area (Å²) in [6, 6.07) is 16.4. The van der Waals surface area contributed by atoms with Crippen molar-refractivity contribution in [2.75, 3.05) is 20.3 Å². The molecule has 0 bridgehead atoms. The number of unbranched alkanes of at least 4 members (excludes halogenated alkanes) is 2. The standard InChI is InChI=1S/C16H23ClO3.C15H21ClO3.C10H13ClO/c1-16(2,3)13-11-12(17)8-9-14(13)20-10-6-5-7-15(18)19-4;1-15(2,3)12-10-11(16)7-8-13(12)19-9-5-4-6-14(17)18;1-10(2,3)8-6-7(11)4-5-9(8)12/h8-9,11H,5-7,10H2,1-4H3;7-8,10H,4-6,9H2,1-3H3,(H,17,18);4-6,12H,1-3H3. The molecule has 0 radical (unpaired) electrons. The number of benzene rings is 3. The van der Waals surface area contributed by atoms with E-state index in [1.807, 2.05) is 57.2 Å². The first-order valence-corrected chi connectivity index (χ1v) is 18.3. The summed E-state index contributed by atoms with van der Waals surface area (Å²) in [5.41, 5.74) is 2.92. The highest BCUT2D eigenvalue weighted by Crippen LogP contribution is 2.35. The van der Waals surface area contributed by atoms with Crippen LogP contribution in [0.25, 0.3) is 0 Å². The van der Waals surface area contributed by atoms with Crippen molar-refractivity contribution < 1.29 is 34.0 Å². The Morgan fingerprint density at radius 1 is 0.588 bits per heavy atom. The number of hydrogen-bond donors (Lipinski definition) is 2. The lowest BCUT2D eigenvalue weighted by molar-refractivity contribution is -0.141. The van der Waals surface area contributed by atoms with Gasteiger partial charge in [0.1, 0.15) is 17.2 Å². The molecule has 0 aliphatic heterocycles. The first-order valence-electron chi connectivity index (χ1n) is 17.2. The lowest BCUT2D eigenvalue weighted by Crippen LogP contribution is -2.14. The molecule has 0 atom stereocenters. The normalized spacial score (nSPS) is 11.4. The zero-order valence-electron chi connectivity index (χ0n) is 31.9. The van der Waals surface area contributed by atoms with Crippen LogP contribution in [0.15, 0.2) is 54.6 Å². The van der Waals surface area contributed by atoms with Gasteiger partial charge >= 0.3 is 11.9 Å². The van der Waals surface area contributed by atoms with Gasteiger partial charge in [0.15, 0.2) is 0 Å². The molecule has 0 aromatic heterocycles. The molecule has 0 aliphatic rings. The third-order valence-corrected chi connectivity index (χ3v) is 8.27. The molecule has 0 spiro atoms. The third-order valence-electron chi connectivity index (χ3n) is 7.57. The maximum absolute atomic E-state index is 11.0. The predicted molar refractivity (Wildman–Crippen MR) is 210 cm³/mol.